The summed E-state index contributed by atoms with van der Waals surface area (Å²) >= 11 is 0. The van der Waals surface area contributed by atoms with Gasteiger partial charge in [0.1, 0.15) is 0 Å². The average Bonchev–Trinajstić information content (AvgIpc) is 2.47. The second-order valence-electron chi connectivity index (χ2n) is 5.64. The highest BCUT2D eigenvalue weighted by Gasteiger charge is 2.23. The molecule has 1 aliphatic heterocycles. The Morgan fingerprint density at radius 3 is 2.26 bits per heavy atom. The number of hydrogen-bond acceptors (Lipinski definition) is 3. The molecule has 1 heterocycles. The van der Waals surface area contributed by atoms with E-state index in [-0.39, 0.29) is 6.10 Å². The third kappa shape index (κ3) is 7.91. The number of nitrogens with one attached hydrogen (secondary N) is 1. The molecule has 0 aromatic heterocycles. The lowest BCUT2D eigenvalue weighted by Gasteiger charge is -2.30. The summed E-state index contributed by atoms with van der Waals surface area (Å²) in [7, 11) is 2.04. The molecule has 1 saturated heterocycles. The maximum atomic E-state index is 5.77. The van der Waals surface area contributed by atoms with Gasteiger partial charge in [-0.1, -0.05) is 58.3 Å². The van der Waals surface area contributed by atoms with Gasteiger partial charge in [-0.25, -0.2) is 0 Å². The molecule has 0 amide bonds. The standard InChI is InChI=1S/C16H33NO2/c1-3-4-5-6-7-8-9-10-11-15(17-2)16-14-18-12-13-19-16/h15-17H,3-14H2,1-2H3. The summed E-state index contributed by atoms with van der Waals surface area (Å²) in [6.07, 6.45) is 12.5. The Labute approximate surface area is 119 Å². The molecule has 19 heavy (non-hydrogen) atoms. The van der Waals surface area contributed by atoms with Crippen molar-refractivity contribution in [3.63, 3.8) is 0 Å². The summed E-state index contributed by atoms with van der Waals surface area (Å²) in [6.45, 7) is 4.53. The van der Waals surface area contributed by atoms with Crippen molar-refractivity contribution in [2.45, 2.75) is 76.9 Å². The number of likely N-dealkylation sites (N-methyl/N-ethyl adjacent to an activating group) is 1. The van der Waals surface area contributed by atoms with E-state index < -0.39 is 0 Å². The van der Waals surface area contributed by atoms with Crippen LogP contribution in [0.1, 0.15) is 64.7 Å². The van der Waals surface area contributed by atoms with Crippen LogP contribution in [0.2, 0.25) is 0 Å². The smallest absolute Gasteiger partial charge is 0.0961 e. The van der Waals surface area contributed by atoms with Crippen molar-refractivity contribution in [1.82, 2.24) is 5.32 Å². The fraction of sp³-hybridized carbons (Fsp3) is 1.00. The van der Waals surface area contributed by atoms with Crippen molar-refractivity contribution in [2.75, 3.05) is 26.9 Å². The topological polar surface area (TPSA) is 30.5 Å². The van der Waals surface area contributed by atoms with Crippen LogP contribution in [0.5, 0.6) is 0 Å². The number of ether oxygens (including phenoxy) is 2. The SMILES string of the molecule is CCCCCCCCCCC(NC)C1COCCO1. The minimum absolute atomic E-state index is 0.253. The molecule has 0 bridgehead atoms. The van der Waals surface area contributed by atoms with Gasteiger partial charge in [-0.3, -0.25) is 0 Å². The van der Waals surface area contributed by atoms with Crippen molar-refractivity contribution in [1.29, 1.82) is 0 Å². The summed E-state index contributed by atoms with van der Waals surface area (Å²) in [5.41, 5.74) is 0. The zero-order valence-electron chi connectivity index (χ0n) is 13.0. The highest BCUT2D eigenvalue weighted by molar-refractivity contribution is 4.77. The third-order valence-corrected chi connectivity index (χ3v) is 4.03. The fourth-order valence-corrected chi connectivity index (χ4v) is 2.75. The Hall–Kier alpha value is -0.120. The molecule has 1 N–H and O–H groups in total. The molecule has 0 radical (unpaired) electrons. The first-order valence-electron chi connectivity index (χ1n) is 8.25. The van der Waals surface area contributed by atoms with Crippen molar-refractivity contribution in [2.24, 2.45) is 0 Å². The van der Waals surface area contributed by atoms with Crippen LogP contribution in [0, 0.1) is 0 Å². The molecule has 114 valence electrons. The molecule has 2 atom stereocenters. The molecule has 1 rings (SSSR count). The number of unbranched alkanes of at least 4 members (excludes halogenated alkanes) is 7. The first-order chi connectivity index (χ1) is 9.38. The first kappa shape index (κ1) is 16.9. The first-order valence-corrected chi connectivity index (χ1v) is 8.25. The minimum Gasteiger partial charge on any atom is -0.376 e. The number of hydrogen-bond donors (Lipinski definition) is 1. The Bertz CT molecular complexity index is 193. The van der Waals surface area contributed by atoms with Crippen LogP contribution in [0.25, 0.3) is 0 Å². The predicted molar refractivity (Wildman–Crippen MR) is 80.6 cm³/mol. The van der Waals surface area contributed by atoms with Crippen LogP contribution in [0.3, 0.4) is 0 Å². The monoisotopic (exact) mass is 271 g/mol. The van der Waals surface area contributed by atoms with E-state index >= 15 is 0 Å². The molecule has 0 aromatic carbocycles. The normalized spacial score (nSPS) is 21.5. The van der Waals surface area contributed by atoms with Gasteiger partial charge in [-0.15, -0.1) is 0 Å². The van der Waals surface area contributed by atoms with Crippen LogP contribution in [-0.4, -0.2) is 39.0 Å². The van der Waals surface area contributed by atoms with E-state index in [0.29, 0.717) is 6.04 Å². The molecule has 0 spiro atoms. The predicted octanol–water partition coefficient (Wildman–Crippen LogP) is 3.52. The fourth-order valence-electron chi connectivity index (χ4n) is 2.75. The number of rotatable bonds is 11. The van der Waals surface area contributed by atoms with E-state index in [9.17, 15) is 0 Å². The van der Waals surface area contributed by atoms with E-state index in [1.165, 1.54) is 57.8 Å². The van der Waals surface area contributed by atoms with Crippen molar-refractivity contribution >= 4 is 0 Å². The van der Waals surface area contributed by atoms with Crippen LogP contribution < -0.4 is 5.32 Å². The molecule has 2 unspecified atom stereocenters. The molecule has 0 aromatic rings. The van der Waals surface area contributed by atoms with Gasteiger partial charge in [0.15, 0.2) is 0 Å². The van der Waals surface area contributed by atoms with E-state index in [1.807, 2.05) is 7.05 Å². The van der Waals surface area contributed by atoms with Gasteiger partial charge in [0.2, 0.25) is 0 Å². The lowest BCUT2D eigenvalue weighted by atomic mass is 10.0. The van der Waals surface area contributed by atoms with Crippen molar-refractivity contribution in [3.8, 4) is 0 Å². The Morgan fingerprint density at radius 1 is 1.00 bits per heavy atom. The van der Waals surface area contributed by atoms with Gasteiger partial charge in [0.05, 0.1) is 25.9 Å². The zero-order chi connectivity index (χ0) is 13.8. The van der Waals surface area contributed by atoms with Crippen molar-refractivity contribution in [3.05, 3.63) is 0 Å². The van der Waals surface area contributed by atoms with E-state index in [2.05, 4.69) is 12.2 Å². The maximum Gasteiger partial charge on any atom is 0.0961 e. The average molecular weight is 271 g/mol. The molecule has 1 aliphatic rings. The second-order valence-corrected chi connectivity index (χ2v) is 5.64. The van der Waals surface area contributed by atoms with Gasteiger partial charge < -0.3 is 14.8 Å². The highest BCUT2D eigenvalue weighted by Crippen LogP contribution is 2.14. The summed E-state index contributed by atoms with van der Waals surface area (Å²) in [4.78, 5) is 0. The summed E-state index contributed by atoms with van der Waals surface area (Å²) < 4.78 is 11.2. The molecule has 3 heteroatoms. The molecule has 3 nitrogen and oxygen atoms in total. The molecule has 0 aliphatic carbocycles. The molecule has 0 saturated carbocycles. The summed E-state index contributed by atoms with van der Waals surface area (Å²) in [5.74, 6) is 0. The van der Waals surface area contributed by atoms with Gasteiger partial charge >= 0.3 is 0 Å². The van der Waals surface area contributed by atoms with E-state index in [1.54, 1.807) is 0 Å². The van der Waals surface area contributed by atoms with E-state index in [0.717, 1.165) is 19.8 Å². The highest BCUT2D eigenvalue weighted by atomic mass is 16.6. The third-order valence-electron chi connectivity index (χ3n) is 4.03. The van der Waals surface area contributed by atoms with Crippen LogP contribution in [0.4, 0.5) is 0 Å². The molecular formula is C16H33NO2. The van der Waals surface area contributed by atoms with E-state index in [4.69, 9.17) is 9.47 Å². The van der Waals surface area contributed by atoms with Crippen molar-refractivity contribution < 1.29 is 9.47 Å². The van der Waals surface area contributed by atoms with Gasteiger partial charge in [-0.2, -0.15) is 0 Å². The zero-order valence-corrected chi connectivity index (χ0v) is 13.0. The van der Waals surface area contributed by atoms with Gasteiger partial charge in [0, 0.05) is 6.04 Å². The maximum absolute atomic E-state index is 5.77. The van der Waals surface area contributed by atoms with Gasteiger partial charge in [-0.05, 0) is 13.5 Å². The van der Waals surface area contributed by atoms with Crippen LogP contribution in [0.15, 0.2) is 0 Å². The largest absolute Gasteiger partial charge is 0.376 e. The minimum atomic E-state index is 0.253. The quantitative estimate of drug-likeness (QED) is 0.583. The Balaban J connectivity index is 1.96. The Morgan fingerprint density at radius 2 is 1.68 bits per heavy atom. The second kappa shape index (κ2) is 11.7. The van der Waals surface area contributed by atoms with Crippen LogP contribution in [-0.2, 0) is 9.47 Å². The van der Waals surface area contributed by atoms with Crippen LogP contribution >= 0.6 is 0 Å². The molecular weight excluding hydrogens is 238 g/mol. The van der Waals surface area contributed by atoms with Gasteiger partial charge in [0.25, 0.3) is 0 Å². The summed E-state index contributed by atoms with van der Waals surface area (Å²) in [6, 6.07) is 0.459. The Kier molecular flexibility index (Phi) is 10.4. The molecule has 1 fully saturated rings. The lowest BCUT2D eigenvalue weighted by Crippen LogP contribution is -2.45. The lowest BCUT2D eigenvalue weighted by molar-refractivity contribution is -0.102. The summed E-state index contributed by atoms with van der Waals surface area (Å²) in [5, 5.41) is 3.39.